The van der Waals surface area contributed by atoms with E-state index in [-0.39, 0.29) is 41.2 Å². The maximum Gasteiger partial charge on any atom is 0.435 e. The Balaban J connectivity index is 1.36. The molecular formula is C27H27F3N10O2. The number of fused-ring (bicyclic) bond motifs is 1. The van der Waals surface area contributed by atoms with Crippen molar-refractivity contribution >= 4 is 29.0 Å². The zero-order chi connectivity index (χ0) is 30.2. The number of benzene rings is 1. The second-order valence-electron chi connectivity index (χ2n) is 10.0. The molecule has 42 heavy (non-hydrogen) atoms. The molecular weight excluding hydrogens is 553 g/mol. The van der Waals surface area contributed by atoms with Gasteiger partial charge in [-0.05, 0) is 44.0 Å². The number of nitrogens with one attached hydrogen (secondary N) is 2. The van der Waals surface area contributed by atoms with Crippen molar-refractivity contribution in [3.05, 3.63) is 59.8 Å². The molecule has 4 aromatic rings. The van der Waals surface area contributed by atoms with Crippen LogP contribution in [0.5, 0.6) is 0 Å². The Bertz CT molecular complexity index is 1700. The van der Waals surface area contributed by atoms with E-state index in [0.717, 1.165) is 17.3 Å². The van der Waals surface area contributed by atoms with Gasteiger partial charge in [-0.2, -0.15) is 23.5 Å². The largest absolute Gasteiger partial charge is 0.435 e. The SMILES string of the molecule is Cc1cc(Nc2nccn3c(-c4cn(CC#N)nc4C(F)(F)F)cnc23)ccc1C(=O)N[C@H](C)C(=O)N1CC[C@@H](N)C1. The molecule has 1 saturated heterocycles. The number of nitriles is 1. The molecule has 1 aliphatic rings. The molecule has 0 bridgehead atoms. The molecule has 1 aliphatic heterocycles. The van der Waals surface area contributed by atoms with Crippen LogP contribution >= 0.6 is 0 Å². The van der Waals surface area contributed by atoms with E-state index >= 15 is 0 Å². The van der Waals surface area contributed by atoms with Crippen LogP contribution in [0.15, 0.2) is 43.0 Å². The summed E-state index contributed by atoms with van der Waals surface area (Å²) < 4.78 is 43.5. The van der Waals surface area contributed by atoms with Crippen LogP contribution in [0.4, 0.5) is 24.7 Å². The van der Waals surface area contributed by atoms with Gasteiger partial charge in [0, 0.05) is 49.0 Å². The van der Waals surface area contributed by atoms with Gasteiger partial charge in [-0.25, -0.2) is 9.97 Å². The number of hydrogen-bond donors (Lipinski definition) is 3. The summed E-state index contributed by atoms with van der Waals surface area (Å²) >= 11 is 0. The molecule has 5 rings (SSSR count). The summed E-state index contributed by atoms with van der Waals surface area (Å²) in [4.78, 5) is 35.8. The summed E-state index contributed by atoms with van der Waals surface area (Å²) in [5, 5.41) is 18.3. The number of anilines is 2. The molecule has 4 heterocycles. The van der Waals surface area contributed by atoms with E-state index in [1.165, 1.54) is 23.0 Å². The second kappa shape index (κ2) is 11.1. The lowest BCUT2D eigenvalue weighted by atomic mass is 10.1. The fourth-order valence-electron chi connectivity index (χ4n) is 4.91. The number of aryl methyl sites for hydroxylation is 1. The van der Waals surface area contributed by atoms with E-state index in [1.807, 2.05) is 0 Å². The highest BCUT2D eigenvalue weighted by Gasteiger charge is 2.38. The molecule has 0 radical (unpaired) electrons. The predicted octanol–water partition coefficient (Wildman–Crippen LogP) is 2.87. The Kier molecular flexibility index (Phi) is 7.57. The summed E-state index contributed by atoms with van der Waals surface area (Å²) in [6.07, 6.45) is 1.30. The third-order valence-corrected chi connectivity index (χ3v) is 6.96. The molecule has 0 unspecified atom stereocenters. The van der Waals surface area contributed by atoms with Crippen LogP contribution in [0.1, 0.15) is 35.0 Å². The molecule has 12 nitrogen and oxygen atoms in total. The standard InChI is InChI=1S/C27H27F3N10O2/c1-15-11-18(3-4-19(15)25(41)35-16(2)26(42)38-8-5-17(32)13-38)36-23-24-34-12-21(40(24)10-7-33-23)20-14-39(9-6-31)37-22(20)27(28,29)30/h3-4,7,10-12,14,16-17H,5,8-9,13,32H2,1-2H3,(H,33,36)(H,35,41)/t16-,17-/m1/s1. The van der Waals surface area contributed by atoms with Crippen molar-refractivity contribution in [3.63, 3.8) is 0 Å². The lowest BCUT2D eigenvalue weighted by molar-refractivity contribution is -0.141. The average Bonchev–Trinajstić information content (AvgIpc) is 3.66. The maximum absolute atomic E-state index is 13.7. The monoisotopic (exact) mass is 580 g/mol. The quantitative estimate of drug-likeness (QED) is 0.301. The summed E-state index contributed by atoms with van der Waals surface area (Å²) in [6, 6.07) is 5.97. The number of carbonyl (C=O) groups is 2. The van der Waals surface area contributed by atoms with Gasteiger partial charge < -0.3 is 21.3 Å². The van der Waals surface area contributed by atoms with Crippen molar-refractivity contribution in [2.24, 2.45) is 5.73 Å². The Morgan fingerprint density at radius 2 is 2.07 bits per heavy atom. The normalized spacial score (nSPS) is 15.9. The van der Waals surface area contributed by atoms with Crippen LogP contribution in [0.2, 0.25) is 0 Å². The van der Waals surface area contributed by atoms with Crippen LogP contribution in [0.3, 0.4) is 0 Å². The lowest BCUT2D eigenvalue weighted by Gasteiger charge is -2.21. The number of rotatable bonds is 7. The van der Waals surface area contributed by atoms with E-state index in [9.17, 15) is 22.8 Å². The molecule has 15 heteroatoms. The first-order valence-electron chi connectivity index (χ1n) is 13.0. The summed E-state index contributed by atoms with van der Waals surface area (Å²) in [5.41, 5.74) is 6.46. The second-order valence-corrected chi connectivity index (χ2v) is 10.0. The van der Waals surface area contributed by atoms with Gasteiger partial charge in [0.15, 0.2) is 17.2 Å². The highest BCUT2D eigenvalue weighted by atomic mass is 19.4. The summed E-state index contributed by atoms with van der Waals surface area (Å²) in [5.74, 6) is -0.328. The van der Waals surface area contributed by atoms with Crippen molar-refractivity contribution in [2.75, 3.05) is 18.4 Å². The molecule has 4 N–H and O–H groups in total. The van der Waals surface area contributed by atoms with Crippen LogP contribution in [0.25, 0.3) is 16.9 Å². The summed E-state index contributed by atoms with van der Waals surface area (Å²) in [6.45, 7) is 4.06. The lowest BCUT2D eigenvalue weighted by Crippen LogP contribution is -2.46. The molecule has 218 valence electrons. The Morgan fingerprint density at radius 3 is 2.74 bits per heavy atom. The maximum atomic E-state index is 13.7. The van der Waals surface area contributed by atoms with E-state index in [1.54, 1.807) is 43.0 Å². The van der Waals surface area contributed by atoms with E-state index < -0.39 is 23.8 Å². The smallest absolute Gasteiger partial charge is 0.341 e. The van der Waals surface area contributed by atoms with Crippen molar-refractivity contribution < 1.29 is 22.8 Å². The number of carbonyl (C=O) groups excluding carboxylic acids is 2. The number of alkyl halides is 3. The average molecular weight is 581 g/mol. The number of imidazole rings is 1. The molecule has 3 aromatic heterocycles. The number of halogens is 3. The fraction of sp³-hybridized carbons (Fsp3) is 0.333. The summed E-state index contributed by atoms with van der Waals surface area (Å²) in [7, 11) is 0. The molecule has 0 spiro atoms. The van der Waals surface area contributed by atoms with Crippen molar-refractivity contribution in [1.82, 2.24) is 34.4 Å². The third kappa shape index (κ3) is 5.61. The number of aromatic nitrogens is 5. The first-order chi connectivity index (χ1) is 20.0. The highest BCUT2D eigenvalue weighted by molar-refractivity contribution is 5.99. The van der Waals surface area contributed by atoms with Gasteiger partial charge in [0.05, 0.1) is 23.5 Å². The Hall–Kier alpha value is -4.97. The number of nitrogens with two attached hydrogens (primary N) is 1. The molecule has 1 aromatic carbocycles. The van der Waals surface area contributed by atoms with Crippen LogP contribution in [0, 0.1) is 18.3 Å². The molecule has 1 fully saturated rings. The van der Waals surface area contributed by atoms with Crippen molar-refractivity contribution in [3.8, 4) is 17.3 Å². The van der Waals surface area contributed by atoms with Crippen LogP contribution < -0.4 is 16.4 Å². The number of amides is 2. The molecule has 2 amide bonds. The number of hydrogen-bond acceptors (Lipinski definition) is 8. The minimum absolute atomic E-state index is 0.0566. The number of likely N-dealkylation sites (tertiary alicyclic amines) is 1. The minimum Gasteiger partial charge on any atom is -0.341 e. The van der Waals surface area contributed by atoms with Gasteiger partial charge in [0.25, 0.3) is 5.91 Å². The van der Waals surface area contributed by atoms with Crippen LogP contribution in [-0.2, 0) is 17.5 Å². The first kappa shape index (κ1) is 28.6. The molecule has 0 aliphatic carbocycles. The topological polar surface area (TPSA) is 159 Å². The van der Waals surface area contributed by atoms with Crippen molar-refractivity contribution in [1.29, 1.82) is 5.26 Å². The first-order valence-corrected chi connectivity index (χ1v) is 13.0. The van der Waals surface area contributed by atoms with E-state index in [0.29, 0.717) is 29.9 Å². The van der Waals surface area contributed by atoms with Gasteiger partial charge in [-0.3, -0.25) is 18.7 Å². The Labute approximate surface area is 237 Å². The predicted molar refractivity (Wildman–Crippen MR) is 145 cm³/mol. The Morgan fingerprint density at radius 1 is 1.29 bits per heavy atom. The number of nitrogens with zero attached hydrogens (tertiary/aromatic N) is 7. The van der Waals surface area contributed by atoms with Gasteiger partial charge in [0.1, 0.15) is 12.6 Å². The van der Waals surface area contributed by atoms with Gasteiger partial charge >= 0.3 is 6.18 Å². The fourth-order valence-corrected chi connectivity index (χ4v) is 4.91. The van der Waals surface area contributed by atoms with Gasteiger partial charge in [-0.15, -0.1) is 0 Å². The highest BCUT2D eigenvalue weighted by Crippen LogP contribution is 2.37. The van der Waals surface area contributed by atoms with E-state index in [2.05, 4.69) is 25.7 Å². The van der Waals surface area contributed by atoms with Crippen molar-refractivity contribution in [2.45, 2.75) is 45.1 Å². The van der Waals surface area contributed by atoms with Gasteiger partial charge in [-0.1, -0.05) is 0 Å². The zero-order valence-corrected chi connectivity index (χ0v) is 22.7. The zero-order valence-electron chi connectivity index (χ0n) is 22.7. The minimum atomic E-state index is -4.74. The van der Waals surface area contributed by atoms with Crippen LogP contribution in [-0.4, -0.2) is 66.0 Å². The van der Waals surface area contributed by atoms with Gasteiger partial charge in [0.2, 0.25) is 5.91 Å². The molecule has 0 saturated carbocycles. The third-order valence-electron chi connectivity index (χ3n) is 6.96. The van der Waals surface area contributed by atoms with E-state index in [4.69, 9.17) is 11.0 Å². The molecule has 2 atom stereocenters.